The van der Waals surface area contributed by atoms with Crippen molar-refractivity contribution in [3.05, 3.63) is 24.3 Å². The first-order valence-electron chi connectivity index (χ1n) is 6.00. The Kier molecular flexibility index (Phi) is 3.67. The SMILES string of the molecule is CN(C)c1cccc(NCC2CCCN2)c1. The Hall–Kier alpha value is -1.22. The van der Waals surface area contributed by atoms with Gasteiger partial charge < -0.3 is 15.5 Å². The van der Waals surface area contributed by atoms with E-state index < -0.39 is 0 Å². The zero-order valence-corrected chi connectivity index (χ0v) is 10.2. The third-order valence-electron chi connectivity index (χ3n) is 3.08. The Morgan fingerprint density at radius 2 is 2.31 bits per heavy atom. The normalized spacial score (nSPS) is 19.8. The van der Waals surface area contributed by atoms with Crippen molar-refractivity contribution in [2.45, 2.75) is 18.9 Å². The lowest BCUT2D eigenvalue weighted by molar-refractivity contribution is 0.633. The molecule has 1 aromatic carbocycles. The van der Waals surface area contributed by atoms with Crippen LogP contribution in [0.2, 0.25) is 0 Å². The highest BCUT2D eigenvalue weighted by Gasteiger charge is 2.12. The molecule has 0 amide bonds. The first-order valence-corrected chi connectivity index (χ1v) is 6.00. The molecule has 1 aliphatic heterocycles. The lowest BCUT2D eigenvalue weighted by Crippen LogP contribution is -2.29. The first-order chi connectivity index (χ1) is 7.75. The van der Waals surface area contributed by atoms with Gasteiger partial charge >= 0.3 is 0 Å². The third-order valence-corrected chi connectivity index (χ3v) is 3.08. The smallest absolute Gasteiger partial charge is 0.0381 e. The first kappa shape index (κ1) is 11.3. The molecule has 1 fully saturated rings. The number of anilines is 2. The highest BCUT2D eigenvalue weighted by Crippen LogP contribution is 2.17. The summed E-state index contributed by atoms with van der Waals surface area (Å²) in [6.45, 7) is 2.20. The van der Waals surface area contributed by atoms with Crippen LogP contribution >= 0.6 is 0 Å². The average molecular weight is 219 g/mol. The van der Waals surface area contributed by atoms with Gasteiger partial charge in [-0.25, -0.2) is 0 Å². The number of benzene rings is 1. The van der Waals surface area contributed by atoms with Crippen LogP contribution in [0.5, 0.6) is 0 Å². The van der Waals surface area contributed by atoms with Crippen LogP contribution in [0.1, 0.15) is 12.8 Å². The Morgan fingerprint density at radius 1 is 1.44 bits per heavy atom. The molecule has 0 aromatic heterocycles. The molecule has 0 saturated carbocycles. The summed E-state index contributed by atoms with van der Waals surface area (Å²) in [6, 6.07) is 9.18. The highest BCUT2D eigenvalue weighted by atomic mass is 15.1. The Morgan fingerprint density at radius 3 is 3.00 bits per heavy atom. The molecule has 3 heteroatoms. The van der Waals surface area contributed by atoms with Crippen molar-refractivity contribution in [3.8, 4) is 0 Å². The molecule has 0 radical (unpaired) electrons. The standard InChI is InChI=1S/C13H21N3/c1-16(2)13-7-3-5-11(9-13)15-10-12-6-4-8-14-12/h3,5,7,9,12,14-15H,4,6,8,10H2,1-2H3. The maximum Gasteiger partial charge on any atom is 0.0381 e. The summed E-state index contributed by atoms with van der Waals surface area (Å²) in [5, 5.41) is 6.98. The van der Waals surface area contributed by atoms with E-state index in [0.717, 1.165) is 6.54 Å². The molecule has 88 valence electrons. The predicted octanol–water partition coefficient (Wildman–Crippen LogP) is 1.92. The second-order valence-corrected chi connectivity index (χ2v) is 4.62. The average Bonchev–Trinajstić information content (AvgIpc) is 2.79. The number of nitrogens with zero attached hydrogens (tertiary/aromatic N) is 1. The van der Waals surface area contributed by atoms with Crippen molar-refractivity contribution in [1.82, 2.24) is 5.32 Å². The number of rotatable bonds is 4. The van der Waals surface area contributed by atoms with Gasteiger partial charge in [0, 0.05) is 38.1 Å². The molecule has 1 atom stereocenters. The minimum atomic E-state index is 0.642. The molecule has 2 N–H and O–H groups in total. The van der Waals surface area contributed by atoms with Gasteiger partial charge in [-0.05, 0) is 37.6 Å². The fraction of sp³-hybridized carbons (Fsp3) is 0.538. The van der Waals surface area contributed by atoms with Crippen molar-refractivity contribution >= 4 is 11.4 Å². The van der Waals surface area contributed by atoms with Gasteiger partial charge in [-0.15, -0.1) is 0 Å². The zero-order valence-electron chi connectivity index (χ0n) is 10.2. The summed E-state index contributed by atoms with van der Waals surface area (Å²) < 4.78 is 0. The second-order valence-electron chi connectivity index (χ2n) is 4.62. The van der Waals surface area contributed by atoms with Crippen LogP contribution in [0.3, 0.4) is 0 Å². The van der Waals surface area contributed by atoms with Gasteiger partial charge in [0.25, 0.3) is 0 Å². The van der Waals surface area contributed by atoms with Gasteiger partial charge in [0.1, 0.15) is 0 Å². The quantitative estimate of drug-likeness (QED) is 0.810. The Balaban J connectivity index is 1.90. The molecule has 1 heterocycles. The molecule has 0 aliphatic carbocycles. The fourth-order valence-electron chi connectivity index (χ4n) is 2.07. The molecule has 16 heavy (non-hydrogen) atoms. The number of hydrogen-bond donors (Lipinski definition) is 2. The Labute approximate surface area is 97.8 Å². The molecule has 1 aromatic rings. The molecule has 0 bridgehead atoms. The third kappa shape index (κ3) is 2.89. The topological polar surface area (TPSA) is 27.3 Å². The van der Waals surface area contributed by atoms with E-state index in [4.69, 9.17) is 0 Å². The van der Waals surface area contributed by atoms with Gasteiger partial charge in [0.2, 0.25) is 0 Å². The van der Waals surface area contributed by atoms with Crippen LogP contribution in [0, 0.1) is 0 Å². The summed E-state index contributed by atoms with van der Waals surface area (Å²) in [4.78, 5) is 2.12. The van der Waals surface area contributed by atoms with Crippen LogP contribution < -0.4 is 15.5 Å². The van der Waals surface area contributed by atoms with E-state index in [1.807, 2.05) is 0 Å². The van der Waals surface area contributed by atoms with Crippen LogP contribution in [0.25, 0.3) is 0 Å². The lowest BCUT2D eigenvalue weighted by Gasteiger charge is -2.16. The largest absolute Gasteiger partial charge is 0.383 e. The molecular formula is C13H21N3. The molecular weight excluding hydrogens is 198 g/mol. The zero-order chi connectivity index (χ0) is 11.4. The number of nitrogens with one attached hydrogen (secondary N) is 2. The second kappa shape index (κ2) is 5.21. The minimum absolute atomic E-state index is 0.642. The highest BCUT2D eigenvalue weighted by molar-refractivity contribution is 5.57. The summed E-state index contributed by atoms with van der Waals surface area (Å²) in [5.41, 5.74) is 2.45. The predicted molar refractivity (Wildman–Crippen MR) is 70.3 cm³/mol. The summed E-state index contributed by atoms with van der Waals surface area (Å²) >= 11 is 0. The minimum Gasteiger partial charge on any atom is -0.383 e. The van der Waals surface area contributed by atoms with Crippen molar-refractivity contribution in [2.75, 3.05) is 37.4 Å². The monoisotopic (exact) mass is 219 g/mol. The van der Waals surface area contributed by atoms with Crippen LogP contribution in [-0.2, 0) is 0 Å². The lowest BCUT2D eigenvalue weighted by atomic mass is 10.2. The van der Waals surface area contributed by atoms with E-state index in [1.54, 1.807) is 0 Å². The summed E-state index contributed by atoms with van der Waals surface area (Å²) in [7, 11) is 4.13. The maximum atomic E-state index is 3.49. The van der Waals surface area contributed by atoms with Gasteiger partial charge in [-0.1, -0.05) is 6.07 Å². The van der Waals surface area contributed by atoms with Crippen molar-refractivity contribution < 1.29 is 0 Å². The molecule has 3 nitrogen and oxygen atoms in total. The van der Waals surface area contributed by atoms with Crippen LogP contribution in [-0.4, -0.2) is 33.2 Å². The summed E-state index contributed by atoms with van der Waals surface area (Å²) in [6.07, 6.45) is 2.60. The maximum absolute atomic E-state index is 3.49. The van der Waals surface area contributed by atoms with Crippen molar-refractivity contribution in [1.29, 1.82) is 0 Å². The molecule has 0 spiro atoms. The van der Waals surface area contributed by atoms with Gasteiger partial charge in [-0.2, -0.15) is 0 Å². The summed E-state index contributed by atoms with van der Waals surface area (Å²) in [5.74, 6) is 0. The van der Waals surface area contributed by atoms with Gasteiger partial charge in [0.15, 0.2) is 0 Å². The molecule has 2 rings (SSSR count). The van der Waals surface area contributed by atoms with E-state index >= 15 is 0 Å². The number of hydrogen-bond acceptors (Lipinski definition) is 3. The van der Waals surface area contributed by atoms with Crippen molar-refractivity contribution in [3.63, 3.8) is 0 Å². The van der Waals surface area contributed by atoms with E-state index in [-0.39, 0.29) is 0 Å². The van der Waals surface area contributed by atoms with E-state index in [0.29, 0.717) is 6.04 Å². The van der Waals surface area contributed by atoms with E-state index in [2.05, 4.69) is 53.9 Å². The van der Waals surface area contributed by atoms with E-state index in [9.17, 15) is 0 Å². The van der Waals surface area contributed by atoms with Gasteiger partial charge in [-0.3, -0.25) is 0 Å². The molecule has 1 unspecified atom stereocenters. The molecule has 1 aliphatic rings. The van der Waals surface area contributed by atoms with E-state index in [1.165, 1.54) is 30.8 Å². The van der Waals surface area contributed by atoms with Gasteiger partial charge in [0.05, 0.1) is 0 Å². The van der Waals surface area contributed by atoms with Crippen molar-refractivity contribution in [2.24, 2.45) is 0 Å². The molecule has 1 saturated heterocycles. The fourth-order valence-corrected chi connectivity index (χ4v) is 2.07. The van der Waals surface area contributed by atoms with Crippen LogP contribution in [0.15, 0.2) is 24.3 Å². The van der Waals surface area contributed by atoms with Crippen LogP contribution in [0.4, 0.5) is 11.4 Å². The Bertz CT molecular complexity index is 330.